The average molecular weight is 348 g/mol. The quantitative estimate of drug-likeness (QED) is 0.851. The predicted octanol–water partition coefficient (Wildman–Crippen LogP) is 3.35. The molecule has 0 radical (unpaired) electrons. The fourth-order valence-electron chi connectivity index (χ4n) is 4.05. The second-order valence-corrected chi connectivity index (χ2v) is 7.31. The summed E-state index contributed by atoms with van der Waals surface area (Å²) in [4.78, 5) is 11.6. The van der Waals surface area contributed by atoms with Crippen LogP contribution in [-0.2, 0) is 10.2 Å². The summed E-state index contributed by atoms with van der Waals surface area (Å²) in [6, 6.07) is 14.9. The topological polar surface area (TPSA) is 62.0 Å². The molecule has 3 heterocycles. The summed E-state index contributed by atoms with van der Waals surface area (Å²) < 4.78 is 5.52. The number of hydrogen-bond donors (Lipinski definition) is 0. The summed E-state index contributed by atoms with van der Waals surface area (Å²) in [6.07, 6.45) is 2.66. The van der Waals surface area contributed by atoms with Crippen molar-refractivity contribution in [3.63, 3.8) is 0 Å². The molecule has 5 heteroatoms. The maximum Gasteiger partial charge on any atom is 0.132 e. The molecule has 0 saturated carbocycles. The van der Waals surface area contributed by atoms with Gasteiger partial charge in [-0.05, 0) is 31.7 Å². The van der Waals surface area contributed by atoms with Crippen LogP contribution >= 0.6 is 0 Å². The predicted molar refractivity (Wildman–Crippen MR) is 100 cm³/mol. The smallest absolute Gasteiger partial charge is 0.132 e. The Hall–Kier alpha value is -2.45. The third-order valence-corrected chi connectivity index (χ3v) is 5.67. The van der Waals surface area contributed by atoms with Gasteiger partial charge in [0.05, 0.1) is 23.8 Å². The first-order valence-corrected chi connectivity index (χ1v) is 9.35. The maximum absolute atomic E-state index is 9.88. The van der Waals surface area contributed by atoms with Crippen molar-refractivity contribution in [3.05, 3.63) is 53.5 Å². The van der Waals surface area contributed by atoms with Crippen LogP contribution in [0.2, 0.25) is 0 Å². The molecule has 0 N–H and O–H groups in total. The lowest BCUT2D eigenvalue weighted by Crippen LogP contribution is -2.42. The number of piperidine rings is 1. The van der Waals surface area contributed by atoms with Gasteiger partial charge in [0.2, 0.25) is 0 Å². The SMILES string of the molecule is Cc1nc(C2CCOC2)cc(N2CCC(C#N)(c3ccccc3)CC2)n1. The molecule has 1 aromatic heterocycles. The van der Waals surface area contributed by atoms with Gasteiger partial charge in [-0.1, -0.05) is 30.3 Å². The summed E-state index contributed by atoms with van der Waals surface area (Å²) in [5, 5.41) is 9.88. The molecule has 0 spiro atoms. The highest BCUT2D eigenvalue weighted by atomic mass is 16.5. The number of aromatic nitrogens is 2. The largest absolute Gasteiger partial charge is 0.381 e. The van der Waals surface area contributed by atoms with Crippen molar-refractivity contribution in [2.45, 2.75) is 37.5 Å². The molecule has 0 aliphatic carbocycles. The zero-order valence-electron chi connectivity index (χ0n) is 15.2. The zero-order valence-corrected chi connectivity index (χ0v) is 15.2. The number of nitrogens with zero attached hydrogens (tertiary/aromatic N) is 4. The van der Waals surface area contributed by atoms with Gasteiger partial charge >= 0.3 is 0 Å². The monoisotopic (exact) mass is 348 g/mol. The summed E-state index contributed by atoms with van der Waals surface area (Å²) in [5.74, 6) is 2.17. The van der Waals surface area contributed by atoms with Crippen LogP contribution in [0.25, 0.3) is 0 Å². The number of nitriles is 1. The maximum atomic E-state index is 9.88. The van der Waals surface area contributed by atoms with Crippen LogP contribution in [0.5, 0.6) is 0 Å². The van der Waals surface area contributed by atoms with E-state index in [2.05, 4.69) is 39.1 Å². The molecule has 1 unspecified atom stereocenters. The van der Waals surface area contributed by atoms with Crippen LogP contribution in [0.3, 0.4) is 0 Å². The molecule has 2 fully saturated rings. The van der Waals surface area contributed by atoms with E-state index in [9.17, 15) is 5.26 Å². The third-order valence-electron chi connectivity index (χ3n) is 5.67. The molecule has 2 saturated heterocycles. The number of benzene rings is 1. The molecule has 2 aliphatic rings. The van der Waals surface area contributed by atoms with Gasteiger partial charge in [-0.25, -0.2) is 9.97 Å². The summed E-state index contributed by atoms with van der Waals surface area (Å²) in [7, 11) is 0. The molecule has 26 heavy (non-hydrogen) atoms. The Morgan fingerprint density at radius 1 is 1.19 bits per heavy atom. The van der Waals surface area contributed by atoms with Gasteiger partial charge in [0, 0.05) is 31.7 Å². The lowest BCUT2D eigenvalue weighted by Gasteiger charge is -2.38. The molecule has 0 amide bonds. The van der Waals surface area contributed by atoms with E-state index in [-0.39, 0.29) is 5.41 Å². The third kappa shape index (κ3) is 3.17. The Kier molecular flexibility index (Phi) is 4.60. The van der Waals surface area contributed by atoms with Crippen LogP contribution < -0.4 is 4.90 Å². The molecule has 134 valence electrons. The lowest BCUT2D eigenvalue weighted by atomic mass is 9.74. The minimum absolute atomic E-state index is 0.378. The summed E-state index contributed by atoms with van der Waals surface area (Å²) >= 11 is 0. The van der Waals surface area contributed by atoms with E-state index < -0.39 is 0 Å². The Balaban J connectivity index is 1.54. The van der Waals surface area contributed by atoms with Gasteiger partial charge < -0.3 is 9.64 Å². The fourth-order valence-corrected chi connectivity index (χ4v) is 4.05. The van der Waals surface area contributed by atoms with Crippen LogP contribution in [0, 0.1) is 18.3 Å². The molecule has 1 aromatic carbocycles. The molecular weight excluding hydrogens is 324 g/mol. The van der Waals surface area contributed by atoms with Gasteiger partial charge in [-0.2, -0.15) is 5.26 Å². The highest BCUT2D eigenvalue weighted by Crippen LogP contribution is 2.36. The Morgan fingerprint density at radius 2 is 1.96 bits per heavy atom. The van der Waals surface area contributed by atoms with Crippen LogP contribution in [-0.4, -0.2) is 36.3 Å². The molecule has 1 atom stereocenters. The number of ether oxygens (including phenoxy) is 1. The zero-order chi connectivity index (χ0) is 18.0. The number of aryl methyl sites for hydroxylation is 1. The fraction of sp³-hybridized carbons (Fsp3) is 0.476. The number of rotatable bonds is 3. The second-order valence-electron chi connectivity index (χ2n) is 7.31. The van der Waals surface area contributed by atoms with E-state index in [1.165, 1.54) is 0 Å². The highest BCUT2D eigenvalue weighted by Gasteiger charge is 2.37. The van der Waals surface area contributed by atoms with Crippen molar-refractivity contribution < 1.29 is 4.74 Å². The first kappa shape index (κ1) is 17.0. The molecular formula is C21H24N4O. The Bertz CT molecular complexity index is 801. The first-order chi connectivity index (χ1) is 12.7. The Morgan fingerprint density at radius 3 is 2.62 bits per heavy atom. The molecule has 0 bridgehead atoms. The van der Waals surface area contributed by atoms with Crippen molar-refractivity contribution in [1.82, 2.24) is 9.97 Å². The molecule has 4 rings (SSSR count). The van der Waals surface area contributed by atoms with Crippen molar-refractivity contribution in [3.8, 4) is 6.07 Å². The summed E-state index contributed by atoms with van der Waals surface area (Å²) in [5.41, 5.74) is 1.83. The molecule has 5 nitrogen and oxygen atoms in total. The van der Waals surface area contributed by atoms with E-state index in [4.69, 9.17) is 4.74 Å². The van der Waals surface area contributed by atoms with E-state index in [1.807, 2.05) is 25.1 Å². The van der Waals surface area contributed by atoms with Crippen molar-refractivity contribution in [1.29, 1.82) is 5.26 Å². The van der Waals surface area contributed by atoms with E-state index in [0.717, 1.165) is 68.5 Å². The molecule has 2 aromatic rings. The normalized spacial score (nSPS) is 22.2. The molecule has 2 aliphatic heterocycles. The van der Waals surface area contributed by atoms with Crippen LogP contribution in [0.4, 0.5) is 5.82 Å². The summed E-state index contributed by atoms with van der Waals surface area (Å²) in [6.45, 7) is 5.19. The van der Waals surface area contributed by atoms with Crippen molar-refractivity contribution in [2.75, 3.05) is 31.2 Å². The minimum Gasteiger partial charge on any atom is -0.381 e. The lowest BCUT2D eigenvalue weighted by molar-refractivity contribution is 0.193. The van der Waals surface area contributed by atoms with E-state index >= 15 is 0 Å². The van der Waals surface area contributed by atoms with Gasteiger partial charge in [-0.3, -0.25) is 0 Å². The highest BCUT2D eigenvalue weighted by molar-refractivity contribution is 5.44. The average Bonchev–Trinajstić information content (AvgIpc) is 3.23. The Labute approximate surface area is 154 Å². The van der Waals surface area contributed by atoms with Crippen molar-refractivity contribution in [2.24, 2.45) is 0 Å². The van der Waals surface area contributed by atoms with E-state index in [0.29, 0.717) is 5.92 Å². The first-order valence-electron chi connectivity index (χ1n) is 9.35. The standard InChI is InChI=1S/C21H24N4O/c1-16-23-19(17-7-12-26-14-17)13-20(24-16)25-10-8-21(15-22,9-11-25)18-5-3-2-4-6-18/h2-6,13,17H,7-12,14H2,1H3. The second kappa shape index (κ2) is 7.05. The van der Waals surface area contributed by atoms with Gasteiger partial charge in [-0.15, -0.1) is 0 Å². The van der Waals surface area contributed by atoms with Gasteiger partial charge in [0.25, 0.3) is 0 Å². The van der Waals surface area contributed by atoms with Gasteiger partial charge in [0.1, 0.15) is 11.6 Å². The minimum atomic E-state index is -0.387. The van der Waals surface area contributed by atoms with Crippen LogP contribution in [0.1, 0.15) is 42.3 Å². The van der Waals surface area contributed by atoms with E-state index in [1.54, 1.807) is 0 Å². The van der Waals surface area contributed by atoms with Crippen molar-refractivity contribution >= 4 is 5.82 Å². The number of hydrogen-bond acceptors (Lipinski definition) is 5. The van der Waals surface area contributed by atoms with Crippen LogP contribution in [0.15, 0.2) is 36.4 Å². The van der Waals surface area contributed by atoms with Gasteiger partial charge in [0.15, 0.2) is 0 Å². The number of anilines is 1.